The summed E-state index contributed by atoms with van der Waals surface area (Å²) in [6, 6.07) is 0. The van der Waals surface area contributed by atoms with Crippen molar-refractivity contribution in [2.75, 3.05) is 32.9 Å². The van der Waals surface area contributed by atoms with Crippen LogP contribution in [0.15, 0.2) is 0 Å². The Morgan fingerprint density at radius 3 is 2.89 bits per heavy atom. The van der Waals surface area contributed by atoms with Crippen molar-refractivity contribution in [2.24, 2.45) is 5.92 Å². The molecule has 0 aromatic rings. The lowest BCUT2D eigenvalue weighted by Crippen LogP contribution is -2.48. The molecule has 0 saturated carbocycles. The molecule has 112 valence electrons. The lowest BCUT2D eigenvalue weighted by Gasteiger charge is -2.43. The highest BCUT2D eigenvalue weighted by Crippen LogP contribution is 2.40. The van der Waals surface area contributed by atoms with Crippen LogP contribution >= 0.6 is 0 Å². The lowest BCUT2D eigenvalue weighted by atomic mass is 9.75. The summed E-state index contributed by atoms with van der Waals surface area (Å²) in [5.74, 6) is 0.325. The van der Waals surface area contributed by atoms with Crippen molar-refractivity contribution in [3.8, 4) is 0 Å². The summed E-state index contributed by atoms with van der Waals surface area (Å²) in [4.78, 5) is 0. The monoisotopic (exact) mass is 271 g/mol. The molecular formula is C15H29NO3. The van der Waals surface area contributed by atoms with Gasteiger partial charge in [0, 0.05) is 19.6 Å². The van der Waals surface area contributed by atoms with Gasteiger partial charge in [-0.3, -0.25) is 0 Å². The second-order valence-electron chi connectivity index (χ2n) is 6.38. The van der Waals surface area contributed by atoms with Gasteiger partial charge in [0.15, 0.2) is 0 Å². The third-order valence-corrected chi connectivity index (χ3v) is 4.67. The lowest BCUT2D eigenvalue weighted by molar-refractivity contribution is -0.139. The Balaban J connectivity index is 1.84. The first-order valence-corrected chi connectivity index (χ1v) is 7.73. The number of hydrogen-bond donors (Lipinski definition) is 2. The summed E-state index contributed by atoms with van der Waals surface area (Å²) in [6.45, 7) is 8.32. The third kappa shape index (κ3) is 3.91. The standard InChI is InChI=1S/C15H29NO3/c1-3-7-16-8-5-14(2,17)13-4-9-19-15(11-13)6-10-18-12-15/h13,16-17H,3-12H2,1-2H3. The van der Waals surface area contributed by atoms with Crippen LogP contribution < -0.4 is 5.32 Å². The number of ether oxygens (including phenoxy) is 2. The minimum Gasteiger partial charge on any atom is -0.390 e. The van der Waals surface area contributed by atoms with Gasteiger partial charge in [-0.25, -0.2) is 0 Å². The SMILES string of the molecule is CCCNCCC(C)(O)C1CCOC2(CCOC2)C1. The predicted molar refractivity (Wildman–Crippen MR) is 75.2 cm³/mol. The van der Waals surface area contributed by atoms with Crippen LogP contribution in [0.1, 0.15) is 46.0 Å². The van der Waals surface area contributed by atoms with Crippen molar-refractivity contribution in [2.45, 2.75) is 57.2 Å². The van der Waals surface area contributed by atoms with Crippen molar-refractivity contribution in [3.63, 3.8) is 0 Å². The molecule has 19 heavy (non-hydrogen) atoms. The van der Waals surface area contributed by atoms with Crippen molar-refractivity contribution in [3.05, 3.63) is 0 Å². The van der Waals surface area contributed by atoms with Crippen molar-refractivity contribution < 1.29 is 14.6 Å². The molecule has 0 amide bonds. The van der Waals surface area contributed by atoms with Gasteiger partial charge >= 0.3 is 0 Å². The molecule has 4 heteroatoms. The molecule has 0 bridgehead atoms. The highest BCUT2D eigenvalue weighted by molar-refractivity contribution is 4.96. The van der Waals surface area contributed by atoms with Gasteiger partial charge in [-0.1, -0.05) is 6.92 Å². The van der Waals surface area contributed by atoms with Crippen molar-refractivity contribution in [1.29, 1.82) is 0 Å². The molecule has 2 rings (SSSR count). The fourth-order valence-corrected chi connectivity index (χ4v) is 3.27. The van der Waals surface area contributed by atoms with E-state index in [1.54, 1.807) is 0 Å². The average molecular weight is 271 g/mol. The highest BCUT2D eigenvalue weighted by atomic mass is 16.6. The topological polar surface area (TPSA) is 50.7 Å². The number of rotatable bonds is 6. The van der Waals surface area contributed by atoms with E-state index in [0.29, 0.717) is 12.5 Å². The van der Waals surface area contributed by atoms with Gasteiger partial charge in [0.25, 0.3) is 0 Å². The molecule has 2 aliphatic heterocycles. The van der Waals surface area contributed by atoms with Crippen LogP contribution in [0, 0.1) is 5.92 Å². The average Bonchev–Trinajstić information content (AvgIpc) is 2.83. The Kier molecular flexibility index (Phi) is 5.23. The Hall–Kier alpha value is -0.160. The largest absolute Gasteiger partial charge is 0.390 e. The van der Waals surface area contributed by atoms with E-state index in [1.807, 2.05) is 6.92 Å². The van der Waals surface area contributed by atoms with Crippen LogP contribution in [0.25, 0.3) is 0 Å². The van der Waals surface area contributed by atoms with Gasteiger partial charge in [0.05, 0.1) is 17.8 Å². The van der Waals surface area contributed by atoms with Gasteiger partial charge in [0.2, 0.25) is 0 Å². The van der Waals surface area contributed by atoms with E-state index in [1.165, 1.54) is 0 Å². The summed E-state index contributed by atoms with van der Waals surface area (Å²) >= 11 is 0. The highest BCUT2D eigenvalue weighted by Gasteiger charge is 2.45. The quantitative estimate of drug-likeness (QED) is 0.722. The third-order valence-electron chi connectivity index (χ3n) is 4.67. The molecule has 2 N–H and O–H groups in total. The Bertz CT molecular complexity index is 275. The molecule has 0 aromatic heterocycles. The van der Waals surface area contributed by atoms with Gasteiger partial charge < -0.3 is 19.9 Å². The molecule has 3 atom stereocenters. The first-order chi connectivity index (χ1) is 9.08. The van der Waals surface area contributed by atoms with Gasteiger partial charge in [-0.2, -0.15) is 0 Å². The maximum Gasteiger partial charge on any atom is 0.0940 e. The fraction of sp³-hybridized carbons (Fsp3) is 1.00. The molecule has 0 radical (unpaired) electrons. The zero-order valence-electron chi connectivity index (χ0n) is 12.4. The molecule has 4 nitrogen and oxygen atoms in total. The van der Waals surface area contributed by atoms with Gasteiger partial charge in [-0.15, -0.1) is 0 Å². The van der Waals surface area contributed by atoms with Crippen molar-refractivity contribution >= 4 is 0 Å². The van der Waals surface area contributed by atoms with Gasteiger partial charge in [-0.05, 0) is 51.6 Å². The minimum atomic E-state index is -0.597. The smallest absolute Gasteiger partial charge is 0.0940 e. The van der Waals surface area contributed by atoms with E-state index in [2.05, 4.69) is 12.2 Å². The Labute approximate surface area is 116 Å². The second kappa shape index (κ2) is 6.53. The molecule has 3 unspecified atom stereocenters. The van der Waals surface area contributed by atoms with E-state index in [-0.39, 0.29) is 5.60 Å². The molecule has 2 aliphatic rings. The normalized spacial score (nSPS) is 34.6. The first-order valence-electron chi connectivity index (χ1n) is 7.73. The van der Waals surface area contributed by atoms with E-state index in [9.17, 15) is 5.11 Å². The summed E-state index contributed by atoms with van der Waals surface area (Å²) in [5.41, 5.74) is -0.704. The van der Waals surface area contributed by atoms with Gasteiger partial charge in [0.1, 0.15) is 0 Å². The summed E-state index contributed by atoms with van der Waals surface area (Å²) in [5, 5.41) is 14.1. The minimum absolute atomic E-state index is 0.107. The molecule has 1 spiro atoms. The molecule has 2 fully saturated rings. The molecule has 2 saturated heterocycles. The van der Waals surface area contributed by atoms with Crippen LogP contribution in [0.2, 0.25) is 0 Å². The van der Waals surface area contributed by atoms with Crippen LogP contribution in [0.3, 0.4) is 0 Å². The Morgan fingerprint density at radius 1 is 1.37 bits per heavy atom. The van der Waals surface area contributed by atoms with Crippen LogP contribution in [0.4, 0.5) is 0 Å². The first kappa shape index (κ1) is 15.2. The van der Waals surface area contributed by atoms with E-state index >= 15 is 0 Å². The van der Waals surface area contributed by atoms with E-state index < -0.39 is 5.60 Å². The van der Waals surface area contributed by atoms with E-state index in [4.69, 9.17) is 9.47 Å². The maximum atomic E-state index is 10.7. The fourth-order valence-electron chi connectivity index (χ4n) is 3.27. The molecule has 0 aromatic carbocycles. The van der Waals surface area contributed by atoms with E-state index in [0.717, 1.165) is 58.4 Å². The molecule has 2 heterocycles. The number of hydrogen-bond acceptors (Lipinski definition) is 4. The molecule has 0 aliphatic carbocycles. The predicted octanol–water partition coefficient (Wildman–Crippen LogP) is 1.71. The number of aliphatic hydroxyl groups is 1. The zero-order valence-corrected chi connectivity index (χ0v) is 12.4. The zero-order chi connectivity index (χ0) is 13.8. The van der Waals surface area contributed by atoms with Crippen LogP contribution in [-0.4, -0.2) is 49.2 Å². The second-order valence-corrected chi connectivity index (χ2v) is 6.38. The summed E-state index contributed by atoms with van der Waals surface area (Å²) in [6.07, 6.45) is 4.83. The maximum absolute atomic E-state index is 10.7. The van der Waals surface area contributed by atoms with Crippen LogP contribution in [0.5, 0.6) is 0 Å². The Morgan fingerprint density at radius 2 is 2.21 bits per heavy atom. The summed E-state index contributed by atoms with van der Waals surface area (Å²) in [7, 11) is 0. The summed E-state index contributed by atoms with van der Waals surface area (Å²) < 4.78 is 11.4. The van der Waals surface area contributed by atoms with Crippen molar-refractivity contribution in [1.82, 2.24) is 5.32 Å². The molecular weight excluding hydrogens is 242 g/mol. The van der Waals surface area contributed by atoms with Crippen LogP contribution in [-0.2, 0) is 9.47 Å². The number of nitrogens with one attached hydrogen (secondary N) is 1.